The van der Waals surface area contributed by atoms with E-state index in [0.29, 0.717) is 0 Å². The Morgan fingerprint density at radius 3 is 2.67 bits per heavy atom. The summed E-state index contributed by atoms with van der Waals surface area (Å²) < 4.78 is 7.00. The monoisotopic (exact) mass is 246 g/mol. The lowest BCUT2D eigenvalue weighted by molar-refractivity contribution is 0.413. The first-order chi connectivity index (χ1) is 8.83. The predicted molar refractivity (Wildman–Crippen MR) is 69.4 cm³/mol. The van der Waals surface area contributed by atoms with E-state index in [1.165, 1.54) is 5.56 Å². The van der Waals surface area contributed by atoms with Crippen LogP contribution in [0.15, 0.2) is 36.9 Å². The largest absolute Gasteiger partial charge is 0.497 e. The first-order valence-corrected chi connectivity index (χ1v) is 6.03. The van der Waals surface area contributed by atoms with Crippen molar-refractivity contribution in [1.29, 1.82) is 0 Å². The molecular formula is C13H18N4O. The van der Waals surface area contributed by atoms with Crippen LogP contribution >= 0.6 is 0 Å². The van der Waals surface area contributed by atoms with Crippen LogP contribution in [0.25, 0.3) is 0 Å². The molecule has 0 amide bonds. The SMILES string of the molecule is CCNC(Cn1cncn1)c1ccc(OC)cc1. The second-order valence-electron chi connectivity index (χ2n) is 4.00. The molecule has 1 aromatic heterocycles. The number of nitrogens with one attached hydrogen (secondary N) is 1. The molecule has 96 valence electrons. The molecule has 1 N–H and O–H groups in total. The third-order valence-corrected chi connectivity index (χ3v) is 2.80. The quantitative estimate of drug-likeness (QED) is 0.842. The molecule has 0 spiro atoms. The lowest BCUT2D eigenvalue weighted by Gasteiger charge is -2.18. The van der Waals surface area contributed by atoms with E-state index in [-0.39, 0.29) is 6.04 Å². The van der Waals surface area contributed by atoms with Crippen molar-refractivity contribution in [2.24, 2.45) is 0 Å². The smallest absolute Gasteiger partial charge is 0.137 e. The molecule has 1 atom stereocenters. The third-order valence-electron chi connectivity index (χ3n) is 2.80. The Morgan fingerprint density at radius 1 is 1.33 bits per heavy atom. The zero-order valence-electron chi connectivity index (χ0n) is 10.7. The zero-order valence-corrected chi connectivity index (χ0v) is 10.7. The minimum Gasteiger partial charge on any atom is -0.497 e. The minimum atomic E-state index is 0.225. The molecule has 0 aliphatic carbocycles. The van der Waals surface area contributed by atoms with Crippen LogP contribution in [0.4, 0.5) is 0 Å². The summed E-state index contributed by atoms with van der Waals surface area (Å²) in [6.07, 6.45) is 3.28. The molecular weight excluding hydrogens is 228 g/mol. The Hall–Kier alpha value is -1.88. The van der Waals surface area contributed by atoms with Crippen molar-refractivity contribution in [1.82, 2.24) is 20.1 Å². The number of nitrogens with zero attached hydrogens (tertiary/aromatic N) is 3. The third kappa shape index (κ3) is 3.07. The van der Waals surface area contributed by atoms with Gasteiger partial charge in [0.15, 0.2) is 0 Å². The number of hydrogen-bond donors (Lipinski definition) is 1. The van der Waals surface area contributed by atoms with Gasteiger partial charge in [-0.15, -0.1) is 0 Å². The van der Waals surface area contributed by atoms with Crippen LogP contribution in [0.3, 0.4) is 0 Å². The molecule has 2 aromatic rings. The summed E-state index contributed by atoms with van der Waals surface area (Å²) in [5.41, 5.74) is 1.22. The van der Waals surface area contributed by atoms with Crippen molar-refractivity contribution in [3.05, 3.63) is 42.5 Å². The summed E-state index contributed by atoms with van der Waals surface area (Å²) in [6, 6.07) is 8.32. The Morgan fingerprint density at radius 2 is 2.11 bits per heavy atom. The van der Waals surface area contributed by atoms with Crippen LogP contribution in [0.2, 0.25) is 0 Å². The van der Waals surface area contributed by atoms with Crippen molar-refractivity contribution < 1.29 is 4.74 Å². The van der Waals surface area contributed by atoms with Crippen LogP contribution in [0.1, 0.15) is 18.5 Å². The molecule has 0 bridgehead atoms. The van der Waals surface area contributed by atoms with Gasteiger partial charge in [-0.1, -0.05) is 19.1 Å². The van der Waals surface area contributed by atoms with Crippen LogP contribution in [-0.4, -0.2) is 28.4 Å². The van der Waals surface area contributed by atoms with Crippen molar-refractivity contribution in [2.75, 3.05) is 13.7 Å². The van der Waals surface area contributed by atoms with E-state index in [4.69, 9.17) is 4.74 Å². The normalized spacial score (nSPS) is 12.3. The Kier molecular flexibility index (Phi) is 4.30. The first-order valence-electron chi connectivity index (χ1n) is 6.03. The molecule has 0 aliphatic rings. The Labute approximate surface area is 107 Å². The van der Waals surface area contributed by atoms with Crippen molar-refractivity contribution in [3.63, 3.8) is 0 Å². The summed E-state index contributed by atoms with van der Waals surface area (Å²) >= 11 is 0. The number of ether oxygens (including phenoxy) is 1. The molecule has 1 aromatic carbocycles. The second-order valence-corrected chi connectivity index (χ2v) is 4.00. The number of rotatable bonds is 6. The van der Waals surface area contributed by atoms with Gasteiger partial charge in [0, 0.05) is 0 Å². The molecule has 0 radical (unpaired) electrons. The number of likely N-dealkylation sites (N-methyl/N-ethyl adjacent to an activating group) is 1. The second kappa shape index (κ2) is 6.16. The van der Waals surface area contributed by atoms with Crippen LogP contribution < -0.4 is 10.1 Å². The van der Waals surface area contributed by atoms with Crippen LogP contribution in [0.5, 0.6) is 5.75 Å². The molecule has 1 unspecified atom stereocenters. The van der Waals surface area contributed by atoms with Gasteiger partial charge in [0.05, 0.1) is 19.7 Å². The Balaban J connectivity index is 2.12. The van der Waals surface area contributed by atoms with Gasteiger partial charge in [0.25, 0.3) is 0 Å². The minimum absolute atomic E-state index is 0.225. The molecule has 0 fully saturated rings. The van der Waals surface area contributed by atoms with E-state index in [2.05, 4.69) is 34.5 Å². The van der Waals surface area contributed by atoms with Crippen molar-refractivity contribution >= 4 is 0 Å². The number of aromatic nitrogens is 3. The van der Waals surface area contributed by atoms with Gasteiger partial charge >= 0.3 is 0 Å². The molecule has 1 heterocycles. The lowest BCUT2D eigenvalue weighted by Crippen LogP contribution is -2.25. The molecule has 0 aliphatic heterocycles. The van der Waals surface area contributed by atoms with Crippen molar-refractivity contribution in [2.45, 2.75) is 19.5 Å². The molecule has 0 saturated heterocycles. The fourth-order valence-corrected chi connectivity index (χ4v) is 1.88. The topological polar surface area (TPSA) is 52.0 Å². The van der Waals surface area contributed by atoms with E-state index in [1.54, 1.807) is 19.8 Å². The fraction of sp³-hybridized carbons (Fsp3) is 0.385. The van der Waals surface area contributed by atoms with E-state index in [9.17, 15) is 0 Å². The molecule has 2 rings (SSSR count). The molecule has 5 heteroatoms. The highest BCUT2D eigenvalue weighted by Gasteiger charge is 2.11. The standard InChI is InChI=1S/C13H18N4O/c1-3-15-13(8-17-10-14-9-16-17)11-4-6-12(18-2)7-5-11/h4-7,9-10,13,15H,3,8H2,1-2H3. The van der Waals surface area contributed by atoms with E-state index >= 15 is 0 Å². The van der Waals surface area contributed by atoms with Gasteiger partial charge < -0.3 is 10.1 Å². The van der Waals surface area contributed by atoms with Gasteiger partial charge in [-0.2, -0.15) is 5.10 Å². The maximum atomic E-state index is 5.17. The van der Waals surface area contributed by atoms with E-state index in [1.807, 2.05) is 16.8 Å². The van der Waals surface area contributed by atoms with Gasteiger partial charge in [-0.25, -0.2) is 4.98 Å². The highest BCUT2D eigenvalue weighted by Crippen LogP contribution is 2.18. The van der Waals surface area contributed by atoms with E-state index in [0.717, 1.165) is 18.8 Å². The summed E-state index contributed by atoms with van der Waals surface area (Å²) in [6.45, 7) is 3.77. The van der Waals surface area contributed by atoms with Crippen LogP contribution in [0, 0.1) is 0 Å². The van der Waals surface area contributed by atoms with Crippen molar-refractivity contribution in [3.8, 4) is 5.75 Å². The molecule has 0 saturated carbocycles. The summed E-state index contributed by atoms with van der Waals surface area (Å²) in [7, 11) is 1.67. The first kappa shape index (κ1) is 12.6. The van der Waals surface area contributed by atoms with Gasteiger partial charge in [-0.3, -0.25) is 4.68 Å². The van der Waals surface area contributed by atoms with Gasteiger partial charge in [0.1, 0.15) is 18.4 Å². The summed E-state index contributed by atoms with van der Waals surface area (Å²) in [4.78, 5) is 3.96. The average Bonchev–Trinajstić information content (AvgIpc) is 2.91. The molecule has 5 nitrogen and oxygen atoms in total. The van der Waals surface area contributed by atoms with E-state index < -0.39 is 0 Å². The zero-order chi connectivity index (χ0) is 12.8. The Bertz CT molecular complexity index is 452. The average molecular weight is 246 g/mol. The predicted octanol–water partition coefficient (Wildman–Crippen LogP) is 1.64. The van der Waals surface area contributed by atoms with Crippen LogP contribution in [-0.2, 0) is 6.54 Å². The number of methoxy groups -OCH3 is 1. The number of benzene rings is 1. The van der Waals surface area contributed by atoms with Gasteiger partial charge in [0.2, 0.25) is 0 Å². The maximum Gasteiger partial charge on any atom is 0.137 e. The van der Waals surface area contributed by atoms with Gasteiger partial charge in [-0.05, 0) is 24.2 Å². The highest BCUT2D eigenvalue weighted by atomic mass is 16.5. The molecule has 18 heavy (non-hydrogen) atoms. The summed E-state index contributed by atoms with van der Waals surface area (Å²) in [5, 5.41) is 7.58. The highest BCUT2D eigenvalue weighted by molar-refractivity contribution is 5.29. The number of hydrogen-bond acceptors (Lipinski definition) is 4. The lowest BCUT2D eigenvalue weighted by atomic mass is 10.1. The fourth-order valence-electron chi connectivity index (χ4n) is 1.88. The summed E-state index contributed by atoms with van der Waals surface area (Å²) in [5.74, 6) is 0.870. The maximum absolute atomic E-state index is 5.17.